The number of aryl methyl sites for hydroxylation is 3. The summed E-state index contributed by atoms with van der Waals surface area (Å²) in [6, 6.07) is 8.12. The third-order valence-corrected chi connectivity index (χ3v) is 5.10. The van der Waals surface area contributed by atoms with Crippen molar-refractivity contribution >= 4 is 34.0 Å². The van der Waals surface area contributed by atoms with Gasteiger partial charge in [-0.15, -0.1) is 10.2 Å². The lowest BCUT2D eigenvalue weighted by atomic mass is 10.1. The zero-order valence-electron chi connectivity index (χ0n) is 14.2. The topological polar surface area (TPSA) is 72.7 Å². The van der Waals surface area contributed by atoms with Crippen molar-refractivity contribution in [2.24, 2.45) is 0 Å². The molecule has 2 aromatic heterocycles. The molecule has 3 aromatic rings. The third kappa shape index (κ3) is 3.88. The first-order valence-electron chi connectivity index (χ1n) is 7.90. The molecule has 0 aliphatic carbocycles. The largest absolute Gasteiger partial charge is 0.296 e. The Morgan fingerprint density at radius 1 is 1.24 bits per heavy atom. The van der Waals surface area contributed by atoms with Crippen LogP contribution in [0.5, 0.6) is 0 Å². The van der Waals surface area contributed by atoms with E-state index in [0.29, 0.717) is 28.1 Å². The molecule has 0 bridgehead atoms. The minimum Gasteiger partial charge on any atom is -0.296 e. The van der Waals surface area contributed by atoms with Crippen LogP contribution in [0.2, 0.25) is 5.15 Å². The van der Waals surface area contributed by atoms with Crippen molar-refractivity contribution in [3.63, 3.8) is 0 Å². The van der Waals surface area contributed by atoms with Crippen LogP contribution in [-0.4, -0.2) is 25.9 Å². The summed E-state index contributed by atoms with van der Waals surface area (Å²) in [5, 5.41) is 16.8. The van der Waals surface area contributed by atoms with E-state index in [1.54, 1.807) is 11.6 Å². The van der Waals surface area contributed by atoms with Gasteiger partial charge in [0.1, 0.15) is 10.2 Å². The Kier molecular flexibility index (Phi) is 5.15. The van der Waals surface area contributed by atoms with Crippen LogP contribution in [0, 0.1) is 13.8 Å². The monoisotopic (exact) mass is 375 g/mol. The SMILES string of the molecule is CCc1nnc(NC(=O)c2c(C)nn(Cc3ccc(C)cc3)c2Cl)s1. The molecule has 0 spiro atoms. The lowest BCUT2D eigenvalue weighted by molar-refractivity contribution is 0.102. The van der Waals surface area contributed by atoms with Crippen LogP contribution in [-0.2, 0) is 13.0 Å². The van der Waals surface area contributed by atoms with Crippen molar-refractivity contribution in [1.82, 2.24) is 20.0 Å². The van der Waals surface area contributed by atoms with E-state index in [1.807, 2.05) is 38.1 Å². The number of anilines is 1. The summed E-state index contributed by atoms with van der Waals surface area (Å²) >= 11 is 7.77. The van der Waals surface area contributed by atoms with Gasteiger partial charge in [-0.3, -0.25) is 10.1 Å². The van der Waals surface area contributed by atoms with E-state index >= 15 is 0 Å². The number of hydrogen-bond acceptors (Lipinski definition) is 5. The molecule has 1 aromatic carbocycles. The maximum atomic E-state index is 12.6. The van der Waals surface area contributed by atoms with E-state index in [1.165, 1.54) is 16.9 Å². The number of benzene rings is 1. The van der Waals surface area contributed by atoms with Gasteiger partial charge in [-0.05, 0) is 25.8 Å². The Bertz CT molecular complexity index is 900. The quantitative estimate of drug-likeness (QED) is 0.734. The first-order chi connectivity index (χ1) is 12.0. The van der Waals surface area contributed by atoms with Crippen LogP contribution >= 0.6 is 22.9 Å². The Morgan fingerprint density at radius 2 is 1.96 bits per heavy atom. The molecule has 0 aliphatic heterocycles. The smallest absolute Gasteiger partial charge is 0.262 e. The molecule has 6 nitrogen and oxygen atoms in total. The van der Waals surface area contributed by atoms with E-state index in [9.17, 15) is 4.79 Å². The third-order valence-electron chi connectivity index (χ3n) is 3.74. The molecule has 0 atom stereocenters. The van der Waals surface area contributed by atoms with E-state index in [4.69, 9.17) is 11.6 Å². The number of rotatable bonds is 5. The van der Waals surface area contributed by atoms with Crippen molar-refractivity contribution in [2.45, 2.75) is 33.7 Å². The van der Waals surface area contributed by atoms with Gasteiger partial charge in [0.15, 0.2) is 0 Å². The lowest BCUT2D eigenvalue weighted by Gasteiger charge is -2.05. The number of aromatic nitrogens is 4. The summed E-state index contributed by atoms with van der Waals surface area (Å²) < 4.78 is 1.63. The second kappa shape index (κ2) is 7.33. The Labute approximate surface area is 154 Å². The average molecular weight is 376 g/mol. The lowest BCUT2D eigenvalue weighted by Crippen LogP contribution is -2.13. The maximum Gasteiger partial charge on any atom is 0.262 e. The number of nitrogens with one attached hydrogen (secondary N) is 1. The van der Waals surface area contributed by atoms with Gasteiger partial charge < -0.3 is 0 Å². The number of hydrogen-bond donors (Lipinski definition) is 1. The van der Waals surface area contributed by atoms with Crippen molar-refractivity contribution in [3.05, 3.63) is 56.8 Å². The predicted octanol–water partition coefficient (Wildman–Crippen LogP) is 3.87. The molecule has 0 radical (unpaired) electrons. The summed E-state index contributed by atoms with van der Waals surface area (Å²) in [4.78, 5) is 12.6. The fraction of sp³-hybridized carbons (Fsp3) is 0.294. The molecule has 2 heterocycles. The van der Waals surface area contributed by atoms with Crippen LogP contribution < -0.4 is 5.32 Å². The predicted molar refractivity (Wildman–Crippen MR) is 99.5 cm³/mol. The molecular formula is C17H18ClN5OS. The zero-order valence-corrected chi connectivity index (χ0v) is 15.8. The fourth-order valence-corrected chi connectivity index (χ4v) is 3.38. The highest BCUT2D eigenvalue weighted by Gasteiger charge is 2.21. The molecule has 0 fully saturated rings. The normalized spacial score (nSPS) is 10.9. The number of nitrogens with zero attached hydrogens (tertiary/aromatic N) is 4. The summed E-state index contributed by atoms with van der Waals surface area (Å²) in [7, 11) is 0. The highest BCUT2D eigenvalue weighted by molar-refractivity contribution is 7.15. The second-order valence-corrected chi connectivity index (χ2v) is 7.12. The molecule has 0 saturated carbocycles. The Morgan fingerprint density at radius 3 is 2.60 bits per heavy atom. The van der Waals surface area contributed by atoms with Gasteiger partial charge in [-0.25, -0.2) is 4.68 Å². The number of carbonyl (C=O) groups is 1. The summed E-state index contributed by atoms with van der Waals surface area (Å²) in [6.45, 7) is 6.30. The molecular weight excluding hydrogens is 358 g/mol. The molecule has 1 amide bonds. The van der Waals surface area contributed by atoms with Crippen LogP contribution in [0.1, 0.15) is 39.1 Å². The van der Waals surface area contributed by atoms with Gasteiger partial charge in [0, 0.05) is 0 Å². The highest BCUT2D eigenvalue weighted by Crippen LogP contribution is 2.23. The van der Waals surface area contributed by atoms with Gasteiger partial charge in [0.25, 0.3) is 5.91 Å². The average Bonchev–Trinajstić information content (AvgIpc) is 3.14. The standard InChI is InChI=1S/C17H18ClN5OS/c1-4-13-20-21-17(25-13)19-16(24)14-11(3)22-23(15(14)18)9-12-7-5-10(2)6-8-12/h5-8H,4,9H2,1-3H3,(H,19,21,24). The fourth-order valence-electron chi connectivity index (χ4n) is 2.39. The van der Waals surface area contributed by atoms with Gasteiger partial charge >= 0.3 is 0 Å². The number of carbonyl (C=O) groups excluding carboxylic acids is 1. The molecule has 3 rings (SSSR count). The maximum absolute atomic E-state index is 12.6. The van der Waals surface area contributed by atoms with Gasteiger partial charge in [-0.1, -0.05) is 59.7 Å². The Balaban J connectivity index is 1.80. The number of amides is 1. The van der Waals surface area contributed by atoms with E-state index in [2.05, 4.69) is 20.6 Å². The van der Waals surface area contributed by atoms with Crippen molar-refractivity contribution in [3.8, 4) is 0 Å². The highest BCUT2D eigenvalue weighted by atomic mass is 35.5. The van der Waals surface area contributed by atoms with Crippen LogP contribution in [0.3, 0.4) is 0 Å². The second-order valence-electron chi connectivity index (χ2n) is 5.70. The molecule has 0 saturated heterocycles. The first kappa shape index (κ1) is 17.6. The zero-order chi connectivity index (χ0) is 18.0. The molecule has 25 heavy (non-hydrogen) atoms. The van der Waals surface area contributed by atoms with E-state index < -0.39 is 0 Å². The summed E-state index contributed by atoms with van der Waals surface area (Å²) in [5.74, 6) is -0.323. The molecule has 0 unspecified atom stereocenters. The number of halogens is 1. The van der Waals surface area contributed by atoms with Gasteiger partial charge in [0.2, 0.25) is 5.13 Å². The van der Waals surface area contributed by atoms with E-state index in [0.717, 1.165) is 17.0 Å². The summed E-state index contributed by atoms with van der Waals surface area (Å²) in [5.41, 5.74) is 3.20. The minimum absolute atomic E-state index is 0.316. The van der Waals surface area contributed by atoms with E-state index in [-0.39, 0.29) is 5.91 Å². The van der Waals surface area contributed by atoms with Gasteiger partial charge in [0.05, 0.1) is 17.8 Å². The van der Waals surface area contributed by atoms with Crippen LogP contribution in [0.25, 0.3) is 0 Å². The van der Waals surface area contributed by atoms with Crippen molar-refractivity contribution in [1.29, 1.82) is 0 Å². The van der Waals surface area contributed by atoms with Gasteiger partial charge in [-0.2, -0.15) is 5.10 Å². The summed E-state index contributed by atoms with van der Waals surface area (Å²) in [6.07, 6.45) is 0.780. The van der Waals surface area contributed by atoms with Crippen molar-refractivity contribution < 1.29 is 4.79 Å². The van der Waals surface area contributed by atoms with Crippen molar-refractivity contribution in [2.75, 3.05) is 5.32 Å². The van der Waals surface area contributed by atoms with Crippen LogP contribution in [0.15, 0.2) is 24.3 Å². The minimum atomic E-state index is -0.323. The first-order valence-corrected chi connectivity index (χ1v) is 9.09. The molecule has 0 aliphatic rings. The molecule has 1 N–H and O–H groups in total. The molecule has 130 valence electrons. The van der Waals surface area contributed by atoms with Crippen LogP contribution in [0.4, 0.5) is 5.13 Å². The Hall–Kier alpha value is -2.25. The molecule has 8 heteroatoms.